The molecule has 0 aliphatic carbocycles. The molecule has 0 saturated carbocycles. The summed E-state index contributed by atoms with van der Waals surface area (Å²) in [6, 6.07) is 10.1. The zero-order chi connectivity index (χ0) is 15.9. The summed E-state index contributed by atoms with van der Waals surface area (Å²) in [7, 11) is 0. The van der Waals surface area contributed by atoms with Gasteiger partial charge >= 0.3 is 0 Å². The van der Waals surface area contributed by atoms with Crippen LogP contribution in [0.4, 0.5) is 0 Å². The molecule has 1 aliphatic heterocycles. The summed E-state index contributed by atoms with van der Waals surface area (Å²) in [5.41, 5.74) is 1.77. The molecule has 4 heteroatoms. The van der Waals surface area contributed by atoms with E-state index in [2.05, 4.69) is 13.5 Å². The summed E-state index contributed by atoms with van der Waals surface area (Å²) in [6.45, 7) is 8.38. The maximum atomic E-state index is 12.1. The van der Waals surface area contributed by atoms with Gasteiger partial charge in [0.05, 0.1) is 5.92 Å². The molecule has 1 aromatic rings. The van der Waals surface area contributed by atoms with Crippen molar-refractivity contribution in [1.82, 2.24) is 0 Å². The number of unbranched alkanes of at least 4 members (excludes halogenated alkanes) is 1. The lowest BCUT2D eigenvalue weighted by Gasteiger charge is -2.37. The lowest BCUT2D eigenvalue weighted by molar-refractivity contribution is -0.775. The molecule has 0 N–H and O–H groups in total. The number of rotatable bonds is 7. The van der Waals surface area contributed by atoms with Gasteiger partial charge in [-0.3, -0.25) is 5.21 Å². The third-order valence-electron chi connectivity index (χ3n) is 4.09. The molecule has 22 heavy (non-hydrogen) atoms. The van der Waals surface area contributed by atoms with E-state index in [1.54, 1.807) is 0 Å². The second-order valence-electron chi connectivity index (χ2n) is 5.67. The summed E-state index contributed by atoms with van der Waals surface area (Å²) in [5, 5.41) is 12.1. The molecule has 0 saturated heterocycles. The smallest absolute Gasteiger partial charge is 0.226 e. The van der Waals surface area contributed by atoms with E-state index >= 15 is 0 Å². The van der Waals surface area contributed by atoms with Gasteiger partial charge < -0.3 is 9.57 Å². The molecule has 0 unspecified atom stereocenters. The van der Waals surface area contributed by atoms with Crippen LogP contribution in [0, 0.1) is 11.1 Å². The van der Waals surface area contributed by atoms with E-state index < -0.39 is 6.29 Å². The third kappa shape index (κ3) is 3.69. The molecule has 4 nitrogen and oxygen atoms in total. The molecular formula is C18H25NO3. The van der Waals surface area contributed by atoms with E-state index in [1.165, 1.54) is 0 Å². The lowest BCUT2D eigenvalue weighted by Crippen LogP contribution is -2.43. The van der Waals surface area contributed by atoms with Crippen LogP contribution >= 0.6 is 0 Å². The van der Waals surface area contributed by atoms with E-state index in [4.69, 9.17) is 9.57 Å². The second-order valence-corrected chi connectivity index (χ2v) is 5.67. The van der Waals surface area contributed by atoms with Gasteiger partial charge in [-0.1, -0.05) is 49.8 Å². The molecule has 0 amide bonds. The molecule has 0 bridgehead atoms. The van der Waals surface area contributed by atoms with E-state index in [9.17, 15) is 5.21 Å². The van der Waals surface area contributed by atoms with Crippen LogP contribution in [0.2, 0.25) is 0 Å². The van der Waals surface area contributed by atoms with E-state index in [0.717, 1.165) is 24.8 Å². The minimum Gasteiger partial charge on any atom is -0.372 e. The Morgan fingerprint density at radius 1 is 1.36 bits per heavy atom. The van der Waals surface area contributed by atoms with Gasteiger partial charge in [-0.25, -0.2) is 0 Å². The van der Waals surface area contributed by atoms with Crippen LogP contribution in [0.3, 0.4) is 0 Å². The molecule has 0 spiro atoms. The van der Waals surface area contributed by atoms with Crippen LogP contribution in [-0.2, 0) is 9.57 Å². The number of hydrogen-bond donors (Lipinski definition) is 0. The van der Waals surface area contributed by atoms with Gasteiger partial charge in [0.2, 0.25) is 5.71 Å². The van der Waals surface area contributed by atoms with Crippen molar-refractivity contribution >= 4 is 5.71 Å². The van der Waals surface area contributed by atoms with E-state index in [-0.39, 0.29) is 11.8 Å². The van der Waals surface area contributed by atoms with Crippen molar-refractivity contribution < 1.29 is 14.5 Å². The monoisotopic (exact) mass is 303 g/mol. The van der Waals surface area contributed by atoms with Crippen LogP contribution < -0.4 is 0 Å². The maximum Gasteiger partial charge on any atom is 0.226 e. The summed E-state index contributed by atoms with van der Waals surface area (Å²) < 4.78 is 5.83. The first-order valence-corrected chi connectivity index (χ1v) is 7.94. The topological polar surface area (TPSA) is 44.5 Å². The van der Waals surface area contributed by atoms with Gasteiger partial charge in [-0.2, -0.15) is 0 Å². The normalized spacial score (nSPS) is 24.9. The Kier molecular flexibility index (Phi) is 6.01. The first-order valence-electron chi connectivity index (χ1n) is 7.94. The van der Waals surface area contributed by atoms with Crippen molar-refractivity contribution in [3.05, 3.63) is 53.8 Å². The van der Waals surface area contributed by atoms with Crippen molar-refractivity contribution in [2.75, 3.05) is 6.61 Å². The van der Waals surface area contributed by atoms with Crippen LogP contribution in [0.25, 0.3) is 0 Å². The molecule has 1 aliphatic rings. The van der Waals surface area contributed by atoms with Gasteiger partial charge in [-0.15, -0.1) is 6.58 Å². The molecule has 2 rings (SSSR count). The molecule has 1 heterocycles. The Hall–Kier alpha value is -1.81. The predicted molar refractivity (Wildman–Crippen MR) is 87.5 cm³/mol. The van der Waals surface area contributed by atoms with Crippen LogP contribution in [-0.4, -0.2) is 23.5 Å². The zero-order valence-corrected chi connectivity index (χ0v) is 13.4. The predicted octanol–water partition coefficient (Wildman–Crippen LogP) is 4.02. The first-order chi connectivity index (χ1) is 10.7. The maximum absolute atomic E-state index is 12.1. The zero-order valence-electron chi connectivity index (χ0n) is 13.4. The fourth-order valence-electron chi connectivity index (χ4n) is 2.92. The van der Waals surface area contributed by atoms with Crippen molar-refractivity contribution in [2.24, 2.45) is 5.92 Å². The van der Waals surface area contributed by atoms with Crippen LogP contribution in [0.1, 0.15) is 44.6 Å². The number of benzene rings is 1. The molecule has 120 valence electrons. The second kappa shape index (κ2) is 7.99. The highest BCUT2D eigenvalue weighted by Gasteiger charge is 2.40. The number of nitrogens with zero attached hydrogens (tertiary/aromatic N) is 1. The Morgan fingerprint density at radius 3 is 2.73 bits per heavy atom. The van der Waals surface area contributed by atoms with Crippen molar-refractivity contribution in [2.45, 2.75) is 45.3 Å². The van der Waals surface area contributed by atoms with Crippen LogP contribution in [0.15, 0.2) is 43.0 Å². The minimum absolute atomic E-state index is 0.0166. The minimum atomic E-state index is -0.532. The van der Waals surface area contributed by atoms with Crippen molar-refractivity contribution in [1.29, 1.82) is 0 Å². The van der Waals surface area contributed by atoms with Crippen molar-refractivity contribution in [3.63, 3.8) is 0 Å². The fourth-order valence-corrected chi connectivity index (χ4v) is 2.92. The van der Waals surface area contributed by atoms with Gasteiger partial charge in [0, 0.05) is 24.4 Å². The van der Waals surface area contributed by atoms with Crippen molar-refractivity contribution in [3.8, 4) is 0 Å². The van der Waals surface area contributed by atoms with E-state index in [1.807, 2.05) is 43.3 Å². The highest BCUT2D eigenvalue weighted by atomic mass is 16.9. The molecule has 1 aromatic carbocycles. The molecule has 0 fully saturated rings. The fraction of sp³-hybridized carbons (Fsp3) is 0.500. The molecule has 0 aromatic heterocycles. The van der Waals surface area contributed by atoms with Crippen LogP contribution in [0.5, 0.6) is 0 Å². The largest absolute Gasteiger partial charge is 0.372 e. The van der Waals surface area contributed by atoms with Gasteiger partial charge in [0.15, 0.2) is 6.29 Å². The standard InChI is InChI=1S/C18H25NO3/c1-4-6-13-21-18-16(10-5-2)17(14(3)19(20)22-18)15-11-8-7-9-12-15/h5,7-9,11-12,16-18H,2,4,6,10,13H2,1,3H3/t16-,17-,18+/m0/s1. The lowest BCUT2D eigenvalue weighted by atomic mass is 9.80. The van der Waals surface area contributed by atoms with E-state index in [0.29, 0.717) is 17.2 Å². The number of allylic oxidation sites excluding steroid dienone is 1. The average molecular weight is 303 g/mol. The Morgan fingerprint density at radius 2 is 2.09 bits per heavy atom. The average Bonchev–Trinajstić information content (AvgIpc) is 2.53. The highest BCUT2D eigenvalue weighted by Crippen LogP contribution is 2.36. The number of ether oxygens (including phenoxy) is 1. The third-order valence-corrected chi connectivity index (χ3v) is 4.09. The SMILES string of the molecule is C=CC[C@@H]1[C@H](OCCCC)O[N+]([O-])=C(C)[C@H]1c1ccccc1. The summed E-state index contributed by atoms with van der Waals surface area (Å²) in [4.78, 5) is 6.05. The summed E-state index contributed by atoms with van der Waals surface area (Å²) in [6.07, 6.45) is 4.08. The van der Waals surface area contributed by atoms with Gasteiger partial charge in [-0.05, 0) is 18.4 Å². The number of hydrogen-bond acceptors (Lipinski definition) is 3. The Labute approximate surface area is 132 Å². The highest BCUT2D eigenvalue weighted by molar-refractivity contribution is 5.85. The quantitative estimate of drug-likeness (QED) is 0.434. The molecule has 3 atom stereocenters. The Balaban J connectivity index is 2.29. The first kappa shape index (κ1) is 16.6. The van der Waals surface area contributed by atoms with Gasteiger partial charge in [0.25, 0.3) is 0 Å². The Bertz CT molecular complexity index is 512. The molecule has 0 radical (unpaired) electrons. The summed E-state index contributed by atoms with van der Waals surface area (Å²) >= 11 is 0. The van der Waals surface area contributed by atoms with Gasteiger partial charge in [0.1, 0.15) is 0 Å². The summed E-state index contributed by atoms with van der Waals surface area (Å²) in [5.74, 6) is 0.0408. The molecular weight excluding hydrogens is 278 g/mol.